The first-order valence-corrected chi connectivity index (χ1v) is 7.81. The number of carbonyl (C=O) groups is 1. The van der Waals surface area contributed by atoms with Crippen LogP contribution in [0.2, 0.25) is 0 Å². The molecule has 1 aromatic heterocycles. The number of aromatic nitrogens is 2. The number of hydrogen-bond donors (Lipinski definition) is 2. The maximum atomic E-state index is 11.9. The lowest BCUT2D eigenvalue weighted by Gasteiger charge is -2.20. The van der Waals surface area contributed by atoms with Crippen LogP contribution in [-0.4, -0.2) is 16.1 Å². The smallest absolute Gasteiger partial charge is 0.225 e. The average molecular weight is 277 g/mol. The number of aromatic amines is 1. The van der Waals surface area contributed by atoms with E-state index in [1.807, 2.05) is 6.07 Å². The molecule has 0 atom stereocenters. The second-order valence-electron chi connectivity index (χ2n) is 7.01. The number of anilines is 1. The summed E-state index contributed by atoms with van der Waals surface area (Å²) >= 11 is 0. The van der Waals surface area contributed by atoms with Crippen molar-refractivity contribution in [1.82, 2.24) is 10.2 Å². The van der Waals surface area contributed by atoms with Crippen LogP contribution < -0.4 is 5.32 Å². The Morgan fingerprint density at radius 3 is 2.65 bits per heavy atom. The van der Waals surface area contributed by atoms with Crippen LogP contribution in [0.15, 0.2) is 6.07 Å². The van der Waals surface area contributed by atoms with Crippen LogP contribution in [0.25, 0.3) is 0 Å². The number of nitrogens with one attached hydrogen (secondary N) is 2. The molecule has 0 aromatic carbocycles. The number of hydrogen-bond acceptors (Lipinski definition) is 2. The Labute approximate surface area is 121 Å². The second-order valence-corrected chi connectivity index (χ2v) is 7.01. The molecule has 0 radical (unpaired) electrons. The van der Waals surface area contributed by atoms with E-state index in [0.29, 0.717) is 12.2 Å². The van der Waals surface area contributed by atoms with Crippen LogP contribution in [0.3, 0.4) is 0 Å². The molecule has 20 heavy (non-hydrogen) atoms. The molecule has 1 aliphatic carbocycles. The molecule has 2 rings (SSSR count). The molecule has 112 valence electrons. The van der Waals surface area contributed by atoms with Crippen LogP contribution in [-0.2, 0) is 10.2 Å². The third-order valence-electron chi connectivity index (χ3n) is 4.16. The minimum Gasteiger partial charge on any atom is -0.309 e. The quantitative estimate of drug-likeness (QED) is 0.873. The minimum absolute atomic E-state index is 0.0259. The number of carbonyl (C=O) groups excluding carboxylic acids is 1. The summed E-state index contributed by atoms with van der Waals surface area (Å²) in [5.41, 5.74) is 1.07. The largest absolute Gasteiger partial charge is 0.309 e. The van der Waals surface area contributed by atoms with Gasteiger partial charge in [0.1, 0.15) is 0 Å². The van der Waals surface area contributed by atoms with Crippen LogP contribution in [0.4, 0.5) is 5.82 Å². The van der Waals surface area contributed by atoms with Crippen molar-refractivity contribution >= 4 is 11.7 Å². The first-order valence-electron chi connectivity index (χ1n) is 7.81. The molecule has 0 saturated heterocycles. The van der Waals surface area contributed by atoms with Gasteiger partial charge in [-0.1, -0.05) is 52.9 Å². The molecule has 0 aliphatic heterocycles. The van der Waals surface area contributed by atoms with Crippen molar-refractivity contribution in [3.8, 4) is 0 Å². The Hall–Kier alpha value is -1.32. The SMILES string of the molecule is CC(C)(C)c1cc(NC(=O)CCC2CCCCC2)n[nH]1. The molecule has 1 aliphatic rings. The highest BCUT2D eigenvalue weighted by atomic mass is 16.1. The molecule has 1 heterocycles. The maximum Gasteiger partial charge on any atom is 0.225 e. The summed E-state index contributed by atoms with van der Waals surface area (Å²) < 4.78 is 0. The lowest BCUT2D eigenvalue weighted by molar-refractivity contribution is -0.116. The van der Waals surface area contributed by atoms with Crippen molar-refractivity contribution in [1.29, 1.82) is 0 Å². The van der Waals surface area contributed by atoms with Gasteiger partial charge in [0.25, 0.3) is 0 Å². The zero-order chi connectivity index (χ0) is 14.6. The molecule has 2 N–H and O–H groups in total. The summed E-state index contributed by atoms with van der Waals surface area (Å²) in [6, 6.07) is 1.93. The van der Waals surface area contributed by atoms with Gasteiger partial charge < -0.3 is 5.32 Å². The summed E-state index contributed by atoms with van der Waals surface area (Å²) in [6.45, 7) is 6.36. The van der Waals surface area contributed by atoms with Gasteiger partial charge in [-0.05, 0) is 12.3 Å². The summed E-state index contributed by atoms with van der Waals surface area (Å²) in [5.74, 6) is 1.48. The van der Waals surface area contributed by atoms with Crippen LogP contribution in [0, 0.1) is 5.92 Å². The topological polar surface area (TPSA) is 57.8 Å². The molecular weight excluding hydrogens is 250 g/mol. The van der Waals surface area contributed by atoms with E-state index in [2.05, 4.69) is 36.3 Å². The summed E-state index contributed by atoms with van der Waals surface area (Å²) in [6.07, 6.45) is 8.26. The Kier molecular flexibility index (Phi) is 4.84. The third-order valence-corrected chi connectivity index (χ3v) is 4.16. The highest BCUT2D eigenvalue weighted by Crippen LogP contribution is 2.27. The van der Waals surface area contributed by atoms with E-state index in [0.717, 1.165) is 18.0 Å². The Morgan fingerprint density at radius 2 is 2.05 bits per heavy atom. The number of nitrogens with zero attached hydrogens (tertiary/aromatic N) is 1. The van der Waals surface area contributed by atoms with Crippen molar-refractivity contribution in [3.05, 3.63) is 11.8 Å². The third kappa shape index (κ3) is 4.36. The molecule has 1 fully saturated rings. The predicted molar refractivity (Wildman–Crippen MR) is 81.7 cm³/mol. The molecule has 0 spiro atoms. The molecule has 1 amide bonds. The monoisotopic (exact) mass is 277 g/mol. The summed E-state index contributed by atoms with van der Waals surface area (Å²) in [5, 5.41) is 10.0. The van der Waals surface area contributed by atoms with E-state index in [1.165, 1.54) is 32.1 Å². The lowest BCUT2D eigenvalue weighted by Crippen LogP contribution is -2.15. The molecule has 4 heteroatoms. The number of H-pyrrole nitrogens is 1. The fourth-order valence-electron chi connectivity index (χ4n) is 2.79. The van der Waals surface area contributed by atoms with E-state index in [9.17, 15) is 4.79 Å². The maximum absolute atomic E-state index is 11.9. The minimum atomic E-state index is 0.0259. The first-order chi connectivity index (χ1) is 9.45. The Morgan fingerprint density at radius 1 is 1.35 bits per heavy atom. The van der Waals surface area contributed by atoms with E-state index in [4.69, 9.17) is 0 Å². The number of amides is 1. The lowest BCUT2D eigenvalue weighted by atomic mass is 9.86. The standard InChI is InChI=1S/C16H27N3O/c1-16(2,3)13-11-14(19-18-13)17-15(20)10-9-12-7-5-4-6-8-12/h11-12H,4-10H2,1-3H3,(H2,17,18,19,20). The van der Waals surface area contributed by atoms with Crippen LogP contribution in [0.5, 0.6) is 0 Å². The van der Waals surface area contributed by atoms with E-state index in [-0.39, 0.29) is 11.3 Å². The van der Waals surface area contributed by atoms with Gasteiger partial charge in [0.2, 0.25) is 5.91 Å². The van der Waals surface area contributed by atoms with Crippen molar-refractivity contribution in [2.45, 2.75) is 71.1 Å². The molecular formula is C16H27N3O. The van der Waals surface area contributed by atoms with E-state index >= 15 is 0 Å². The van der Waals surface area contributed by atoms with Crippen molar-refractivity contribution in [2.24, 2.45) is 5.92 Å². The fourth-order valence-corrected chi connectivity index (χ4v) is 2.79. The van der Waals surface area contributed by atoms with Crippen molar-refractivity contribution in [3.63, 3.8) is 0 Å². The molecule has 4 nitrogen and oxygen atoms in total. The Bertz CT molecular complexity index is 439. The normalized spacial score (nSPS) is 17.1. The van der Waals surface area contributed by atoms with E-state index in [1.54, 1.807) is 0 Å². The Balaban J connectivity index is 1.77. The molecule has 1 saturated carbocycles. The van der Waals surface area contributed by atoms with Crippen LogP contribution in [0.1, 0.15) is 71.4 Å². The van der Waals surface area contributed by atoms with Gasteiger partial charge in [0.15, 0.2) is 5.82 Å². The zero-order valence-corrected chi connectivity index (χ0v) is 13.0. The van der Waals surface area contributed by atoms with Gasteiger partial charge in [-0.2, -0.15) is 5.10 Å². The van der Waals surface area contributed by atoms with Crippen molar-refractivity contribution in [2.75, 3.05) is 5.32 Å². The van der Waals surface area contributed by atoms with Gasteiger partial charge in [-0.3, -0.25) is 9.89 Å². The molecule has 1 aromatic rings. The van der Waals surface area contributed by atoms with E-state index < -0.39 is 0 Å². The summed E-state index contributed by atoms with van der Waals surface area (Å²) in [7, 11) is 0. The molecule has 0 bridgehead atoms. The highest BCUT2D eigenvalue weighted by molar-refractivity contribution is 5.89. The highest BCUT2D eigenvalue weighted by Gasteiger charge is 2.18. The van der Waals surface area contributed by atoms with Crippen molar-refractivity contribution < 1.29 is 4.79 Å². The molecule has 0 unspecified atom stereocenters. The zero-order valence-electron chi connectivity index (χ0n) is 13.0. The van der Waals surface area contributed by atoms with Gasteiger partial charge >= 0.3 is 0 Å². The van der Waals surface area contributed by atoms with Gasteiger partial charge in [-0.25, -0.2) is 0 Å². The van der Waals surface area contributed by atoms with Crippen LogP contribution >= 0.6 is 0 Å². The van der Waals surface area contributed by atoms with Gasteiger partial charge in [0, 0.05) is 23.6 Å². The summed E-state index contributed by atoms with van der Waals surface area (Å²) in [4.78, 5) is 11.9. The van der Waals surface area contributed by atoms with Gasteiger partial charge in [-0.15, -0.1) is 0 Å². The van der Waals surface area contributed by atoms with Gasteiger partial charge in [0.05, 0.1) is 0 Å². The number of rotatable bonds is 4. The first kappa shape index (κ1) is 15.1. The second kappa shape index (κ2) is 6.42. The average Bonchev–Trinajstić information content (AvgIpc) is 2.86. The fraction of sp³-hybridized carbons (Fsp3) is 0.750. The predicted octanol–water partition coefficient (Wildman–Crippen LogP) is 4.01.